The van der Waals surface area contributed by atoms with Gasteiger partial charge in [-0.15, -0.1) is 0 Å². The van der Waals surface area contributed by atoms with Gasteiger partial charge in [-0.25, -0.2) is 0 Å². The van der Waals surface area contributed by atoms with E-state index in [4.69, 9.17) is 9.26 Å². The molecular weight excluding hydrogens is 268 g/mol. The van der Waals surface area contributed by atoms with Gasteiger partial charge < -0.3 is 9.26 Å². The van der Waals surface area contributed by atoms with Crippen LogP contribution in [-0.2, 0) is 9.53 Å². The molecule has 0 saturated heterocycles. The molecule has 0 aliphatic heterocycles. The maximum Gasteiger partial charge on any atom is 0.258 e. The Kier molecular flexibility index (Phi) is 4.43. The van der Waals surface area contributed by atoms with E-state index >= 15 is 0 Å². The fourth-order valence-corrected chi connectivity index (χ4v) is 2.00. The number of hydrogen-bond acceptors (Lipinski definition) is 4. The van der Waals surface area contributed by atoms with Gasteiger partial charge in [-0.05, 0) is 27.7 Å². The first kappa shape index (κ1) is 15.3. The molecule has 0 unspecified atom stereocenters. The lowest BCUT2D eigenvalue weighted by molar-refractivity contribution is -0.136. The zero-order valence-electron chi connectivity index (χ0n) is 12.8. The number of ether oxygens (including phenoxy) is 1. The molecule has 2 rings (SSSR count). The highest BCUT2D eigenvalue weighted by Gasteiger charge is 2.29. The highest BCUT2D eigenvalue weighted by atomic mass is 16.5. The van der Waals surface area contributed by atoms with E-state index in [1.54, 1.807) is 13.8 Å². The van der Waals surface area contributed by atoms with Gasteiger partial charge in [0.25, 0.3) is 5.91 Å². The number of carbonyl (C=O) groups is 1. The third-order valence-corrected chi connectivity index (χ3v) is 3.25. The van der Waals surface area contributed by atoms with E-state index in [-0.39, 0.29) is 5.91 Å². The number of rotatable bonds is 5. The van der Waals surface area contributed by atoms with Gasteiger partial charge in [0.05, 0.1) is 0 Å². The average Bonchev–Trinajstić information content (AvgIpc) is 2.81. The fraction of sp³-hybridized carbons (Fsp3) is 0.375. The van der Waals surface area contributed by atoms with Crippen molar-refractivity contribution in [2.24, 2.45) is 0 Å². The van der Waals surface area contributed by atoms with Gasteiger partial charge >= 0.3 is 0 Å². The molecule has 5 heteroatoms. The second-order valence-corrected chi connectivity index (χ2v) is 5.25. The third-order valence-electron chi connectivity index (χ3n) is 3.25. The van der Waals surface area contributed by atoms with E-state index in [0.29, 0.717) is 12.5 Å². The summed E-state index contributed by atoms with van der Waals surface area (Å²) in [5.41, 5.74) is 1.55. The minimum atomic E-state index is -0.916. The Morgan fingerprint density at radius 1 is 1.33 bits per heavy atom. The minimum Gasteiger partial charge on any atom is -0.366 e. The molecule has 0 fully saturated rings. The van der Waals surface area contributed by atoms with E-state index in [2.05, 4.69) is 10.5 Å². The van der Waals surface area contributed by atoms with Crippen molar-refractivity contribution in [3.05, 3.63) is 35.9 Å². The number of nitrogens with one attached hydrogen (secondary N) is 1. The zero-order chi connectivity index (χ0) is 15.5. The highest BCUT2D eigenvalue weighted by molar-refractivity contribution is 5.96. The SMILES string of the molecule is CCOC(C)(C)C(=O)Nc1onc(-c2ccccc2)c1C. The largest absolute Gasteiger partial charge is 0.366 e. The van der Waals surface area contributed by atoms with Crippen LogP contribution in [0.2, 0.25) is 0 Å². The standard InChI is InChI=1S/C16H20N2O3/c1-5-20-16(3,4)15(19)17-14-11(2)13(18-21-14)12-9-7-6-8-10-12/h6-10H,5H2,1-4H3,(H,17,19). The minimum absolute atomic E-state index is 0.261. The van der Waals surface area contributed by atoms with E-state index in [1.807, 2.05) is 44.2 Å². The number of nitrogens with zero attached hydrogens (tertiary/aromatic N) is 1. The summed E-state index contributed by atoms with van der Waals surface area (Å²) in [6.45, 7) is 7.61. The molecule has 0 bridgehead atoms. The summed E-state index contributed by atoms with van der Waals surface area (Å²) in [4.78, 5) is 12.2. The van der Waals surface area contributed by atoms with Gasteiger partial charge in [-0.2, -0.15) is 0 Å². The number of benzene rings is 1. The quantitative estimate of drug-likeness (QED) is 0.915. The predicted octanol–water partition coefficient (Wildman–Crippen LogP) is 3.40. The Morgan fingerprint density at radius 3 is 2.62 bits per heavy atom. The van der Waals surface area contributed by atoms with Gasteiger partial charge in [-0.1, -0.05) is 35.5 Å². The van der Waals surface area contributed by atoms with Crippen molar-refractivity contribution in [3.8, 4) is 11.3 Å². The second-order valence-electron chi connectivity index (χ2n) is 5.25. The number of amides is 1. The lowest BCUT2D eigenvalue weighted by atomic mass is 10.1. The van der Waals surface area contributed by atoms with Crippen molar-refractivity contribution in [2.45, 2.75) is 33.3 Å². The summed E-state index contributed by atoms with van der Waals surface area (Å²) in [6, 6.07) is 9.69. The molecule has 1 aromatic heterocycles. The van der Waals surface area contributed by atoms with E-state index in [1.165, 1.54) is 0 Å². The highest BCUT2D eigenvalue weighted by Crippen LogP contribution is 2.28. The molecule has 0 atom stereocenters. The third kappa shape index (κ3) is 3.31. The summed E-state index contributed by atoms with van der Waals surface area (Å²) in [5, 5.41) is 6.77. The molecule has 1 heterocycles. The molecule has 1 amide bonds. The normalized spacial score (nSPS) is 11.4. The van der Waals surface area contributed by atoms with Crippen LogP contribution in [0, 0.1) is 6.92 Å². The van der Waals surface area contributed by atoms with Crippen molar-refractivity contribution in [1.82, 2.24) is 5.16 Å². The van der Waals surface area contributed by atoms with Crippen LogP contribution in [0.4, 0.5) is 5.88 Å². The molecule has 0 radical (unpaired) electrons. The Hall–Kier alpha value is -2.14. The number of carbonyl (C=O) groups excluding carboxylic acids is 1. The van der Waals surface area contributed by atoms with Crippen LogP contribution in [-0.4, -0.2) is 23.3 Å². The van der Waals surface area contributed by atoms with Crippen molar-refractivity contribution in [3.63, 3.8) is 0 Å². The lowest BCUT2D eigenvalue weighted by Gasteiger charge is -2.22. The van der Waals surface area contributed by atoms with Crippen LogP contribution in [0.15, 0.2) is 34.9 Å². The molecule has 0 aliphatic carbocycles. The molecule has 0 aliphatic rings. The summed E-state index contributed by atoms with van der Waals surface area (Å²) in [5.74, 6) is 0.0924. The van der Waals surface area contributed by atoms with Crippen LogP contribution in [0.3, 0.4) is 0 Å². The topological polar surface area (TPSA) is 64.4 Å². The van der Waals surface area contributed by atoms with E-state index in [9.17, 15) is 4.79 Å². The van der Waals surface area contributed by atoms with Gasteiger partial charge in [0.1, 0.15) is 11.3 Å². The number of anilines is 1. The van der Waals surface area contributed by atoms with E-state index in [0.717, 1.165) is 16.8 Å². The first-order chi connectivity index (χ1) is 9.95. The van der Waals surface area contributed by atoms with Gasteiger partial charge in [-0.3, -0.25) is 10.1 Å². The maximum absolute atomic E-state index is 12.2. The molecule has 1 aromatic carbocycles. The summed E-state index contributed by atoms with van der Waals surface area (Å²) in [6.07, 6.45) is 0. The average molecular weight is 288 g/mol. The Bertz CT molecular complexity index is 618. The molecule has 0 saturated carbocycles. The molecule has 0 spiro atoms. The zero-order valence-corrected chi connectivity index (χ0v) is 12.8. The Labute approximate surface area is 124 Å². The predicted molar refractivity (Wildman–Crippen MR) is 81.0 cm³/mol. The van der Waals surface area contributed by atoms with Crippen LogP contribution in [0.5, 0.6) is 0 Å². The summed E-state index contributed by atoms with van der Waals surface area (Å²) < 4.78 is 10.7. The Morgan fingerprint density at radius 2 is 2.00 bits per heavy atom. The molecular formula is C16H20N2O3. The Balaban J connectivity index is 2.20. The molecule has 2 aromatic rings. The maximum atomic E-state index is 12.2. The summed E-state index contributed by atoms with van der Waals surface area (Å²) >= 11 is 0. The van der Waals surface area contributed by atoms with Crippen molar-refractivity contribution in [1.29, 1.82) is 0 Å². The number of aromatic nitrogens is 1. The van der Waals surface area contributed by atoms with Gasteiger partial charge in [0.15, 0.2) is 0 Å². The van der Waals surface area contributed by atoms with Crippen LogP contribution in [0.25, 0.3) is 11.3 Å². The van der Waals surface area contributed by atoms with Gasteiger partial charge in [0, 0.05) is 17.7 Å². The van der Waals surface area contributed by atoms with Crippen LogP contribution >= 0.6 is 0 Å². The smallest absolute Gasteiger partial charge is 0.258 e. The first-order valence-corrected chi connectivity index (χ1v) is 6.93. The molecule has 21 heavy (non-hydrogen) atoms. The fourth-order valence-electron chi connectivity index (χ4n) is 2.00. The number of hydrogen-bond donors (Lipinski definition) is 1. The lowest BCUT2D eigenvalue weighted by Crippen LogP contribution is -2.39. The van der Waals surface area contributed by atoms with Crippen molar-refractivity contribution >= 4 is 11.8 Å². The molecule has 112 valence electrons. The first-order valence-electron chi connectivity index (χ1n) is 6.93. The van der Waals surface area contributed by atoms with Crippen LogP contribution in [0.1, 0.15) is 26.3 Å². The van der Waals surface area contributed by atoms with Crippen molar-refractivity contribution in [2.75, 3.05) is 11.9 Å². The summed E-state index contributed by atoms with van der Waals surface area (Å²) in [7, 11) is 0. The molecule has 1 N–H and O–H groups in total. The molecule has 5 nitrogen and oxygen atoms in total. The van der Waals surface area contributed by atoms with E-state index < -0.39 is 5.60 Å². The second kappa shape index (κ2) is 6.10. The van der Waals surface area contributed by atoms with Crippen molar-refractivity contribution < 1.29 is 14.1 Å². The monoisotopic (exact) mass is 288 g/mol. The van der Waals surface area contributed by atoms with Gasteiger partial charge in [0.2, 0.25) is 5.88 Å². The van der Waals surface area contributed by atoms with Crippen LogP contribution < -0.4 is 5.32 Å².